The van der Waals surface area contributed by atoms with Crippen molar-refractivity contribution in [2.24, 2.45) is 4.99 Å². The molecule has 0 amide bonds. The second-order valence-electron chi connectivity index (χ2n) is 5.85. The Hall–Kier alpha value is -3.32. The summed E-state index contributed by atoms with van der Waals surface area (Å²) in [6, 6.07) is 11.9. The van der Waals surface area contributed by atoms with Crippen LogP contribution in [0.3, 0.4) is 0 Å². The van der Waals surface area contributed by atoms with Crippen LogP contribution in [-0.2, 0) is 19.1 Å². The van der Waals surface area contributed by atoms with Gasteiger partial charge >= 0.3 is 11.9 Å². The highest BCUT2D eigenvalue weighted by Crippen LogP contribution is 2.30. The number of ether oxygens (including phenoxy) is 4. The van der Waals surface area contributed by atoms with E-state index in [1.807, 2.05) is 6.92 Å². The van der Waals surface area contributed by atoms with Gasteiger partial charge in [0.2, 0.25) is 5.90 Å². The van der Waals surface area contributed by atoms with Crippen LogP contribution in [0.1, 0.15) is 18.1 Å². The molecule has 150 valence electrons. The van der Waals surface area contributed by atoms with Crippen molar-refractivity contribution < 1.29 is 28.5 Å². The first kappa shape index (κ1) is 20.4. The van der Waals surface area contributed by atoms with Gasteiger partial charge in [0.25, 0.3) is 0 Å². The summed E-state index contributed by atoms with van der Waals surface area (Å²) < 4.78 is 20.8. The average molecular weight is 416 g/mol. The summed E-state index contributed by atoms with van der Waals surface area (Å²) in [4.78, 5) is 27.7. The summed E-state index contributed by atoms with van der Waals surface area (Å²) in [6.45, 7) is 1.98. The summed E-state index contributed by atoms with van der Waals surface area (Å²) in [5.41, 5.74) is 1.41. The van der Waals surface area contributed by atoms with E-state index in [1.54, 1.807) is 48.5 Å². The minimum Gasteiger partial charge on any atom is -0.490 e. The van der Waals surface area contributed by atoms with E-state index in [1.165, 1.54) is 7.11 Å². The zero-order chi connectivity index (χ0) is 20.8. The summed E-state index contributed by atoms with van der Waals surface area (Å²) in [7, 11) is 1.28. The maximum Gasteiger partial charge on any atom is 0.363 e. The maximum atomic E-state index is 12.2. The second-order valence-corrected chi connectivity index (χ2v) is 6.29. The molecule has 3 rings (SSSR count). The molecule has 7 nitrogen and oxygen atoms in total. The fourth-order valence-electron chi connectivity index (χ4n) is 2.51. The first-order valence-electron chi connectivity index (χ1n) is 8.75. The van der Waals surface area contributed by atoms with Crippen LogP contribution in [0.4, 0.5) is 0 Å². The van der Waals surface area contributed by atoms with E-state index in [0.717, 1.165) is 0 Å². The molecule has 8 heteroatoms. The Balaban J connectivity index is 1.86. The number of hydrogen-bond acceptors (Lipinski definition) is 7. The van der Waals surface area contributed by atoms with Crippen molar-refractivity contribution in [1.29, 1.82) is 0 Å². The van der Waals surface area contributed by atoms with Crippen LogP contribution < -0.4 is 9.47 Å². The summed E-state index contributed by atoms with van der Waals surface area (Å²) in [5.74, 6) is -0.0707. The van der Waals surface area contributed by atoms with Crippen LogP contribution in [0.5, 0.6) is 11.5 Å². The molecular formula is C21H18ClNO6. The molecule has 29 heavy (non-hydrogen) atoms. The number of cyclic esters (lactones) is 1. The highest BCUT2D eigenvalue weighted by Gasteiger charge is 2.24. The first-order chi connectivity index (χ1) is 14.0. The van der Waals surface area contributed by atoms with Gasteiger partial charge in [0.05, 0.1) is 13.7 Å². The third-order valence-electron chi connectivity index (χ3n) is 3.84. The van der Waals surface area contributed by atoms with Gasteiger partial charge in [0, 0.05) is 10.6 Å². The van der Waals surface area contributed by atoms with Crippen LogP contribution >= 0.6 is 11.6 Å². The standard InChI is InChI=1S/C21H18ClNO6/c1-3-27-18-10-13(7-8-17(18)28-12-19(24)26-2)9-16-21(25)29-20(23-16)14-5-4-6-15(22)11-14/h4-11H,3,12H2,1-2H3/b16-9+. The molecule has 0 saturated carbocycles. The first-order valence-corrected chi connectivity index (χ1v) is 9.13. The molecule has 1 aliphatic rings. The van der Waals surface area contributed by atoms with Crippen molar-refractivity contribution in [3.8, 4) is 11.5 Å². The van der Waals surface area contributed by atoms with Gasteiger partial charge in [-0.25, -0.2) is 14.6 Å². The predicted octanol–water partition coefficient (Wildman–Crippen LogP) is 3.64. The molecule has 0 spiro atoms. The molecule has 1 aliphatic heterocycles. The monoisotopic (exact) mass is 415 g/mol. The van der Waals surface area contributed by atoms with Crippen molar-refractivity contribution in [1.82, 2.24) is 0 Å². The molecule has 0 radical (unpaired) electrons. The summed E-state index contributed by atoms with van der Waals surface area (Å²) in [6.07, 6.45) is 1.58. The van der Waals surface area contributed by atoms with Gasteiger partial charge in [-0.05, 0) is 48.9 Å². The third-order valence-corrected chi connectivity index (χ3v) is 4.07. The molecule has 0 saturated heterocycles. The van der Waals surface area contributed by atoms with Gasteiger partial charge in [-0.3, -0.25) is 0 Å². The van der Waals surface area contributed by atoms with Gasteiger partial charge in [-0.2, -0.15) is 0 Å². The Bertz CT molecular complexity index is 998. The van der Waals surface area contributed by atoms with Crippen molar-refractivity contribution in [3.63, 3.8) is 0 Å². The Kier molecular flexibility index (Phi) is 6.51. The van der Waals surface area contributed by atoms with Crippen LogP contribution in [0, 0.1) is 0 Å². The maximum absolute atomic E-state index is 12.2. The second kappa shape index (κ2) is 9.25. The zero-order valence-corrected chi connectivity index (χ0v) is 16.6. The lowest BCUT2D eigenvalue weighted by Gasteiger charge is -2.11. The minimum absolute atomic E-state index is 0.144. The lowest BCUT2D eigenvalue weighted by molar-refractivity contribution is -0.143. The van der Waals surface area contributed by atoms with E-state index in [4.69, 9.17) is 25.8 Å². The zero-order valence-electron chi connectivity index (χ0n) is 15.8. The van der Waals surface area contributed by atoms with Crippen LogP contribution in [0.25, 0.3) is 6.08 Å². The molecule has 0 unspecified atom stereocenters. The Morgan fingerprint density at radius 2 is 2.00 bits per heavy atom. The van der Waals surface area contributed by atoms with Gasteiger partial charge < -0.3 is 18.9 Å². The molecule has 0 atom stereocenters. The van der Waals surface area contributed by atoms with Crippen molar-refractivity contribution in [2.75, 3.05) is 20.3 Å². The van der Waals surface area contributed by atoms with Gasteiger partial charge in [0.15, 0.2) is 23.8 Å². The largest absolute Gasteiger partial charge is 0.490 e. The summed E-state index contributed by atoms with van der Waals surface area (Å²) in [5, 5.41) is 0.516. The number of aliphatic imine (C=N–C) groups is 1. The summed E-state index contributed by atoms with van der Waals surface area (Å²) >= 11 is 5.98. The number of halogens is 1. The normalized spacial score (nSPS) is 14.4. The van der Waals surface area contributed by atoms with Crippen LogP contribution in [0.2, 0.25) is 5.02 Å². The van der Waals surface area contributed by atoms with Crippen molar-refractivity contribution in [2.45, 2.75) is 6.92 Å². The van der Waals surface area contributed by atoms with Gasteiger partial charge in [-0.15, -0.1) is 0 Å². The van der Waals surface area contributed by atoms with Crippen molar-refractivity contribution >= 4 is 35.5 Å². The number of benzene rings is 2. The average Bonchev–Trinajstić information content (AvgIpc) is 3.08. The number of hydrogen-bond donors (Lipinski definition) is 0. The SMILES string of the molecule is CCOc1cc(/C=C2/N=C(c3cccc(Cl)c3)OC2=O)ccc1OCC(=O)OC. The van der Waals surface area contributed by atoms with Crippen LogP contribution in [-0.4, -0.2) is 38.2 Å². The number of methoxy groups -OCH3 is 1. The smallest absolute Gasteiger partial charge is 0.363 e. The lowest BCUT2D eigenvalue weighted by atomic mass is 10.1. The topological polar surface area (TPSA) is 83.4 Å². The van der Waals surface area contributed by atoms with E-state index in [-0.39, 0.29) is 18.2 Å². The van der Waals surface area contributed by atoms with Crippen LogP contribution in [0.15, 0.2) is 53.2 Å². The number of carbonyl (C=O) groups excluding carboxylic acids is 2. The molecule has 1 heterocycles. The fourth-order valence-corrected chi connectivity index (χ4v) is 2.70. The van der Waals surface area contributed by atoms with E-state index in [0.29, 0.717) is 34.3 Å². The lowest BCUT2D eigenvalue weighted by Crippen LogP contribution is -2.13. The minimum atomic E-state index is -0.566. The molecule has 0 aliphatic carbocycles. The van der Waals surface area contributed by atoms with E-state index in [2.05, 4.69) is 9.73 Å². The number of nitrogens with zero attached hydrogens (tertiary/aromatic N) is 1. The molecule has 0 aromatic heterocycles. The van der Waals surface area contributed by atoms with E-state index >= 15 is 0 Å². The molecule has 2 aromatic carbocycles. The molecule has 0 fully saturated rings. The predicted molar refractivity (Wildman–Crippen MR) is 107 cm³/mol. The number of carbonyl (C=O) groups is 2. The van der Waals surface area contributed by atoms with Gasteiger partial charge in [0.1, 0.15) is 0 Å². The van der Waals surface area contributed by atoms with Crippen molar-refractivity contribution in [3.05, 3.63) is 64.3 Å². The molecular weight excluding hydrogens is 398 g/mol. The Morgan fingerprint density at radius 1 is 1.17 bits per heavy atom. The third kappa shape index (κ3) is 5.14. The van der Waals surface area contributed by atoms with Gasteiger partial charge in [-0.1, -0.05) is 23.7 Å². The van der Waals surface area contributed by atoms with E-state index < -0.39 is 11.9 Å². The highest BCUT2D eigenvalue weighted by atomic mass is 35.5. The molecule has 0 bridgehead atoms. The Morgan fingerprint density at radius 3 is 2.72 bits per heavy atom. The quantitative estimate of drug-likeness (QED) is 0.507. The number of rotatable bonds is 7. The van der Waals surface area contributed by atoms with E-state index in [9.17, 15) is 9.59 Å². The fraction of sp³-hybridized carbons (Fsp3) is 0.190. The molecule has 0 N–H and O–H groups in total. The Labute approximate surface area is 172 Å². The highest BCUT2D eigenvalue weighted by molar-refractivity contribution is 6.31. The molecule has 2 aromatic rings. The number of esters is 2.